The van der Waals surface area contributed by atoms with E-state index >= 15 is 0 Å². The molecule has 1 aliphatic heterocycles. The molecule has 3 heterocycles. The van der Waals surface area contributed by atoms with Gasteiger partial charge in [-0.25, -0.2) is 8.42 Å². The van der Waals surface area contributed by atoms with Crippen molar-refractivity contribution < 1.29 is 8.42 Å². The fourth-order valence-corrected chi connectivity index (χ4v) is 4.78. The molecule has 3 rings (SSSR count). The number of anilines is 1. The Morgan fingerprint density at radius 2 is 2.00 bits per heavy atom. The van der Waals surface area contributed by atoms with E-state index in [0.717, 1.165) is 24.0 Å². The third-order valence-electron chi connectivity index (χ3n) is 3.97. The molecule has 7 heteroatoms. The summed E-state index contributed by atoms with van der Waals surface area (Å²) in [5.41, 5.74) is 8.26. The van der Waals surface area contributed by atoms with Crippen LogP contribution in [0.1, 0.15) is 30.2 Å². The Morgan fingerprint density at radius 3 is 2.67 bits per heavy atom. The van der Waals surface area contributed by atoms with Gasteiger partial charge in [-0.2, -0.15) is 5.10 Å². The maximum absolute atomic E-state index is 12.4. The van der Waals surface area contributed by atoms with Gasteiger partial charge in [-0.15, -0.1) is 0 Å². The number of rotatable bonds is 2. The number of aromatic nitrogens is 3. The molecule has 2 aromatic rings. The van der Waals surface area contributed by atoms with Crippen LogP contribution < -0.4 is 5.73 Å². The van der Waals surface area contributed by atoms with E-state index in [1.807, 2.05) is 12.1 Å². The van der Waals surface area contributed by atoms with Gasteiger partial charge in [-0.3, -0.25) is 9.67 Å². The summed E-state index contributed by atoms with van der Waals surface area (Å²) >= 11 is 0. The maximum atomic E-state index is 12.4. The van der Waals surface area contributed by atoms with Crippen LogP contribution >= 0.6 is 0 Å². The molecule has 1 fully saturated rings. The third-order valence-corrected chi connectivity index (χ3v) is 6.15. The number of nitrogen functional groups attached to an aromatic ring is 1. The highest BCUT2D eigenvalue weighted by Crippen LogP contribution is 2.40. The summed E-state index contributed by atoms with van der Waals surface area (Å²) in [6.07, 6.45) is 5.57. The Balaban J connectivity index is 2.18. The van der Waals surface area contributed by atoms with Gasteiger partial charge < -0.3 is 5.73 Å². The Hall–Kier alpha value is -1.89. The van der Waals surface area contributed by atoms with E-state index in [0.29, 0.717) is 17.9 Å². The summed E-state index contributed by atoms with van der Waals surface area (Å²) in [6.45, 7) is 0. The molecule has 6 nitrogen and oxygen atoms in total. The van der Waals surface area contributed by atoms with Crippen molar-refractivity contribution >= 4 is 15.7 Å². The first kappa shape index (κ1) is 14.1. The molecule has 2 aromatic heterocycles. The summed E-state index contributed by atoms with van der Waals surface area (Å²) in [4.78, 5) is 3.99. The zero-order valence-corrected chi connectivity index (χ0v) is 12.7. The second-order valence-corrected chi connectivity index (χ2v) is 7.66. The minimum atomic E-state index is -3.16. The normalized spacial score (nSPS) is 21.3. The van der Waals surface area contributed by atoms with Crippen LogP contribution in [0.4, 0.5) is 5.82 Å². The van der Waals surface area contributed by atoms with Crippen molar-refractivity contribution in [3.05, 3.63) is 30.2 Å². The van der Waals surface area contributed by atoms with E-state index in [1.165, 1.54) is 0 Å². The Morgan fingerprint density at radius 1 is 1.29 bits per heavy atom. The lowest BCUT2D eigenvalue weighted by molar-refractivity contribution is 0.540. The summed E-state index contributed by atoms with van der Waals surface area (Å²) in [6, 6.07) is 3.65. The maximum Gasteiger partial charge on any atom is 0.158 e. The van der Waals surface area contributed by atoms with Gasteiger partial charge in [-0.05, 0) is 30.5 Å². The number of nitrogens with two attached hydrogens (primary N) is 1. The monoisotopic (exact) mass is 306 g/mol. The molecule has 1 aliphatic rings. The molecule has 1 atom stereocenters. The molecule has 2 N–H and O–H groups in total. The first-order chi connectivity index (χ1) is 10.0. The summed E-state index contributed by atoms with van der Waals surface area (Å²) in [7, 11) is -1.42. The second kappa shape index (κ2) is 5.14. The highest BCUT2D eigenvalue weighted by Gasteiger charge is 2.35. The predicted octanol–water partition coefficient (Wildman–Crippen LogP) is 1.70. The van der Waals surface area contributed by atoms with Crippen molar-refractivity contribution in [2.24, 2.45) is 7.05 Å². The quantitative estimate of drug-likeness (QED) is 0.912. The van der Waals surface area contributed by atoms with Crippen molar-refractivity contribution in [1.29, 1.82) is 0 Å². The zero-order chi connectivity index (χ0) is 15.0. The average molecular weight is 306 g/mol. The summed E-state index contributed by atoms with van der Waals surface area (Å²) < 4.78 is 26.3. The smallest absolute Gasteiger partial charge is 0.158 e. The van der Waals surface area contributed by atoms with E-state index in [2.05, 4.69) is 10.1 Å². The van der Waals surface area contributed by atoms with Gasteiger partial charge in [-0.1, -0.05) is 6.42 Å². The largest absolute Gasteiger partial charge is 0.383 e. The predicted molar refractivity (Wildman–Crippen MR) is 81.2 cm³/mol. The average Bonchev–Trinajstić information content (AvgIpc) is 2.75. The van der Waals surface area contributed by atoms with E-state index in [9.17, 15) is 8.42 Å². The minimum Gasteiger partial charge on any atom is -0.383 e. The topological polar surface area (TPSA) is 90.9 Å². The lowest BCUT2D eigenvalue weighted by Crippen LogP contribution is -2.22. The number of aryl methyl sites for hydroxylation is 1. The molecule has 0 aliphatic carbocycles. The number of pyridine rings is 1. The lowest BCUT2D eigenvalue weighted by Gasteiger charge is -2.21. The van der Waals surface area contributed by atoms with Crippen molar-refractivity contribution in [3.8, 4) is 11.1 Å². The summed E-state index contributed by atoms with van der Waals surface area (Å²) in [5, 5.41) is 3.84. The van der Waals surface area contributed by atoms with Gasteiger partial charge in [0.05, 0.1) is 11.4 Å². The van der Waals surface area contributed by atoms with Crippen molar-refractivity contribution in [2.45, 2.75) is 24.5 Å². The van der Waals surface area contributed by atoms with Crippen LogP contribution in [-0.2, 0) is 16.9 Å². The molecule has 1 saturated heterocycles. The van der Waals surface area contributed by atoms with Crippen LogP contribution in [0.3, 0.4) is 0 Å². The van der Waals surface area contributed by atoms with Crippen LogP contribution in [0.5, 0.6) is 0 Å². The minimum absolute atomic E-state index is 0.226. The molecule has 112 valence electrons. The molecule has 0 aromatic carbocycles. The molecular formula is C14H18N4O2S. The molecule has 21 heavy (non-hydrogen) atoms. The molecule has 1 unspecified atom stereocenters. The first-order valence-electron chi connectivity index (χ1n) is 6.95. The molecular weight excluding hydrogens is 288 g/mol. The number of hydrogen-bond acceptors (Lipinski definition) is 5. The molecule has 0 amide bonds. The fraction of sp³-hybridized carbons (Fsp3) is 0.429. The van der Waals surface area contributed by atoms with Gasteiger partial charge in [0.15, 0.2) is 9.84 Å². The lowest BCUT2D eigenvalue weighted by atomic mass is 10.0. The van der Waals surface area contributed by atoms with Crippen molar-refractivity contribution in [2.75, 3.05) is 11.5 Å². The van der Waals surface area contributed by atoms with E-state index in [-0.39, 0.29) is 5.75 Å². The van der Waals surface area contributed by atoms with Crippen LogP contribution in [0.2, 0.25) is 0 Å². The Bertz CT molecular complexity index is 753. The molecule has 0 bridgehead atoms. The van der Waals surface area contributed by atoms with Crippen molar-refractivity contribution in [1.82, 2.24) is 14.8 Å². The van der Waals surface area contributed by atoms with Crippen LogP contribution in [0.25, 0.3) is 11.1 Å². The van der Waals surface area contributed by atoms with Gasteiger partial charge >= 0.3 is 0 Å². The molecule has 0 saturated carbocycles. The van der Waals surface area contributed by atoms with Gasteiger partial charge in [0.25, 0.3) is 0 Å². The Labute approximate surface area is 123 Å². The van der Waals surface area contributed by atoms with Crippen LogP contribution in [0.15, 0.2) is 24.5 Å². The Kier molecular flexibility index (Phi) is 3.44. The van der Waals surface area contributed by atoms with Crippen LogP contribution in [-0.4, -0.2) is 28.9 Å². The third kappa shape index (κ3) is 2.42. The van der Waals surface area contributed by atoms with Gasteiger partial charge in [0, 0.05) is 25.0 Å². The number of hydrogen-bond donors (Lipinski definition) is 1. The first-order valence-corrected chi connectivity index (χ1v) is 8.66. The van der Waals surface area contributed by atoms with E-state index in [4.69, 9.17) is 5.73 Å². The zero-order valence-electron chi connectivity index (χ0n) is 11.9. The van der Waals surface area contributed by atoms with E-state index in [1.54, 1.807) is 24.1 Å². The fourth-order valence-electron chi connectivity index (χ4n) is 2.86. The second-order valence-electron chi connectivity index (χ2n) is 5.36. The highest BCUT2D eigenvalue weighted by atomic mass is 32.2. The standard InChI is InChI=1S/C14H18N4O2S/c1-18-14(15)12(10-5-7-16-8-6-10)13(17-18)11-4-2-3-9-21(11,19)20/h5-8,11H,2-4,9,15H2,1H3. The van der Waals surface area contributed by atoms with E-state index < -0.39 is 15.1 Å². The number of sulfone groups is 1. The number of nitrogens with zero attached hydrogens (tertiary/aromatic N) is 3. The SMILES string of the molecule is Cn1nc(C2CCCCS2(=O)=O)c(-c2ccncc2)c1N. The van der Waals surface area contributed by atoms with Gasteiger partial charge in [0.1, 0.15) is 11.1 Å². The summed E-state index contributed by atoms with van der Waals surface area (Å²) in [5.74, 6) is 0.709. The van der Waals surface area contributed by atoms with Gasteiger partial charge in [0.2, 0.25) is 0 Å². The molecule has 0 spiro atoms. The van der Waals surface area contributed by atoms with Crippen molar-refractivity contribution in [3.63, 3.8) is 0 Å². The highest BCUT2D eigenvalue weighted by molar-refractivity contribution is 7.91. The molecule has 0 radical (unpaired) electrons. The van der Waals surface area contributed by atoms with Crippen LogP contribution in [0, 0.1) is 0 Å².